The molecule has 22 heavy (non-hydrogen) atoms. The fourth-order valence-electron chi connectivity index (χ4n) is 1.85. The first-order chi connectivity index (χ1) is 9.86. The largest absolute Gasteiger partial charge is 0.470 e. The van der Waals surface area contributed by atoms with Crippen LogP contribution in [0, 0.1) is 0 Å². The second-order valence-corrected chi connectivity index (χ2v) is 22.3. The van der Waals surface area contributed by atoms with Crippen LogP contribution in [0.15, 0.2) is 36.8 Å². The van der Waals surface area contributed by atoms with Crippen molar-refractivity contribution in [2.75, 3.05) is 0 Å². The first-order valence-corrected chi connectivity index (χ1v) is 18.8. The van der Waals surface area contributed by atoms with Crippen LogP contribution in [0.4, 0.5) is 0 Å². The molecule has 0 aliphatic carbocycles. The van der Waals surface area contributed by atoms with Gasteiger partial charge in [-0.3, -0.25) is 0 Å². The molecule has 0 aromatic rings. The van der Waals surface area contributed by atoms with E-state index < -0.39 is 33.8 Å². The van der Waals surface area contributed by atoms with Gasteiger partial charge >= 0.3 is 8.80 Å². The van der Waals surface area contributed by atoms with Gasteiger partial charge in [-0.1, -0.05) is 30.4 Å². The van der Waals surface area contributed by atoms with Crippen molar-refractivity contribution in [3.8, 4) is 0 Å². The van der Waals surface area contributed by atoms with Crippen LogP contribution in [-0.4, -0.2) is 33.8 Å². The highest BCUT2D eigenvalue weighted by atomic mass is 28.5. The molecule has 0 bridgehead atoms. The van der Waals surface area contributed by atoms with Crippen molar-refractivity contribution in [3.05, 3.63) is 36.8 Å². The Morgan fingerprint density at radius 1 is 0.682 bits per heavy atom. The molecular formula is C15H34O3Si4. The summed E-state index contributed by atoms with van der Waals surface area (Å²) in [4.78, 5) is 0. The quantitative estimate of drug-likeness (QED) is 0.467. The van der Waals surface area contributed by atoms with Crippen molar-refractivity contribution >= 4 is 33.8 Å². The topological polar surface area (TPSA) is 27.7 Å². The molecule has 0 aromatic heterocycles. The van der Waals surface area contributed by atoms with Gasteiger partial charge in [0.1, 0.15) is 0 Å². The van der Waals surface area contributed by atoms with E-state index in [9.17, 15) is 0 Å². The Morgan fingerprint density at radius 2 is 0.955 bits per heavy atom. The highest BCUT2D eigenvalue weighted by molar-refractivity contribution is 6.93. The minimum absolute atomic E-state index is 0.825. The van der Waals surface area contributed by atoms with E-state index in [-0.39, 0.29) is 0 Å². The van der Waals surface area contributed by atoms with E-state index in [2.05, 4.69) is 65.9 Å². The second kappa shape index (κ2) is 8.18. The molecule has 0 saturated heterocycles. The van der Waals surface area contributed by atoms with Crippen LogP contribution in [0.2, 0.25) is 45.3 Å². The van der Waals surface area contributed by atoms with Gasteiger partial charge in [0, 0.05) is 6.04 Å². The van der Waals surface area contributed by atoms with Crippen LogP contribution in [-0.2, 0) is 12.3 Å². The van der Waals surface area contributed by atoms with E-state index in [4.69, 9.17) is 12.3 Å². The molecule has 7 heteroatoms. The minimum atomic E-state index is -2.79. The van der Waals surface area contributed by atoms with Crippen molar-refractivity contribution < 1.29 is 12.3 Å². The molecule has 0 aliphatic heterocycles. The SMILES string of the molecule is C=C[Si](C)(C)O[Si](CCC)(O[Si](C)(C)C=C)O[Si](C)(C)C=C. The third-order valence-corrected chi connectivity index (χ3v) is 17.4. The van der Waals surface area contributed by atoms with Crippen LogP contribution in [0.25, 0.3) is 0 Å². The zero-order valence-corrected chi connectivity index (χ0v) is 19.5. The monoisotopic (exact) mass is 374 g/mol. The molecule has 128 valence electrons. The predicted molar refractivity (Wildman–Crippen MR) is 107 cm³/mol. The van der Waals surface area contributed by atoms with Gasteiger partial charge in [0.05, 0.1) is 0 Å². The lowest BCUT2D eigenvalue weighted by molar-refractivity contribution is 0.255. The number of hydrogen-bond acceptors (Lipinski definition) is 3. The Kier molecular flexibility index (Phi) is 8.17. The van der Waals surface area contributed by atoms with Crippen LogP contribution in [0.1, 0.15) is 13.3 Å². The number of rotatable bonds is 11. The van der Waals surface area contributed by atoms with Crippen molar-refractivity contribution in [2.24, 2.45) is 0 Å². The third-order valence-electron chi connectivity index (χ3n) is 3.29. The van der Waals surface area contributed by atoms with E-state index in [0.717, 1.165) is 12.5 Å². The van der Waals surface area contributed by atoms with Gasteiger partial charge < -0.3 is 12.3 Å². The smallest absolute Gasteiger partial charge is 0.413 e. The molecule has 0 radical (unpaired) electrons. The Balaban J connectivity index is 5.77. The third kappa shape index (κ3) is 7.49. The highest BCUT2D eigenvalue weighted by Crippen LogP contribution is 2.30. The second-order valence-electron chi connectivity index (χ2n) is 7.16. The maximum Gasteiger partial charge on any atom is 0.470 e. The summed E-state index contributed by atoms with van der Waals surface area (Å²) in [7, 11) is -8.86. The lowest BCUT2D eigenvalue weighted by atomic mass is 10.6. The summed E-state index contributed by atoms with van der Waals surface area (Å²) in [5.74, 6) is 0. The first-order valence-electron chi connectivity index (χ1n) is 7.88. The molecular weight excluding hydrogens is 341 g/mol. The molecule has 0 rings (SSSR count). The van der Waals surface area contributed by atoms with Crippen LogP contribution < -0.4 is 0 Å². The molecule has 0 aromatic carbocycles. The molecule has 0 fully saturated rings. The van der Waals surface area contributed by atoms with Gasteiger partial charge in [-0.2, -0.15) is 0 Å². The maximum absolute atomic E-state index is 6.58. The zero-order valence-electron chi connectivity index (χ0n) is 15.5. The van der Waals surface area contributed by atoms with Crippen molar-refractivity contribution in [2.45, 2.75) is 58.7 Å². The first kappa shape index (κ1) is 22.0. The molecule has 0 unspecified atom stereocenters. The van der Waals surface area contributed by atoms with Gasteiger partial charge in [0.2, 0.25) is 25.0 Å². The molecule has 0 atom stereocenters. The van der Waals surface area contributed by atoms with Crippen molar-refractivity contribution in [1.29, 1.82) is 0 Å². The van der Waals surface area contributed by atoms with E-state index in [1.807, 2.05) is 17.1 Å². The molecule has 0 heterocycles. The summed E-state index contributed by atoms with van der Waals surface area (Å²) >= 11 is 0. The molecule has 3 nitrogen and oxygen atoms in total. The summed E-state index contributed by atoms with van der Waals surface area (Å²) in [6.45, 7) is 26.8. The lowest BCUT2D eigenvalue weighted by Gasteiger charge is -2.43. The van der Waals surface area contributed by atoms with Gasteiger partial charge in [-0.05, 0) is 39.3 Å². The molecule has 0 spiro atoms. The molecule has 0 aliphatic rings. The Morgan fingerprint density at radius 3 is 1.14 bits per heavy atom. The van der Waals surface area contributed by atoms with Crippen molar-refractivity contribution in [1.82, 2.24) is 0 Å². The maximum atomic E-state index is 6.58. The van der Waals surface area contributed by atoms with Crippen LogP contribution in [0.5, 0.6) is 0 Å². The van der Waals surface area contributed by atoms with E-state index in [1.165, 1.54) is 0 Å². The fraction of sp³-hybridized carbons (Fsp3) is 0.600. The molecule has 0 saturated carbocycles. The fourth-order valence-corrected chi connectivity index (χ4v) is 15.9. The van der Waals surface area contributed by atoms with Gasteiger partial charge in [0.15, 0.2) is 0 Å². The summed E-state index contributed by atoms with van der Waals surface area (Å²) in [6.07, 6.45) is 0.969. The van der Waals surface area contributed by atoms with E-state index in [1.54, 1.807) is 0 Å². The van der Waals surface area contributed by atoms with Gasteiger partial charge in [0.25, 0.3) is 0 Å². The standard InChI is InChI=1S/C15H34O3Si4/c1-11-15-22(16-19(5,6)12-2,17-20(7,8)13-3)18-21(9,10)14-4/h12-14H,2-4,11,15H2,1,5-10H3. The average Bonchev–Trinajstić information content (AvgIpc) is 2.37. The summed E-state index contributed by atoms with van der Waals surface area (Å²) in [5.41, 5.74) is 5.84. The van der Waals surface area contributed by atoms with Crippen molar-refractivity contribution in [3.63, 3.8) is 0 Å². The predicted octanol–water partition coefficient (Wildman–Crippen LogP) is 5.18. The lowest BCUT2D eigenvalue weighted by Crippen LogP contribution is -2.61. The van der Waals surface area contributed by atoms with Crippen LogP contribution >= 0.6 is 0 Å². The Bertz CT molecular complexity index is 351. The van der Waals surface area contributed by atoms with E-state index in [0.29, 0.717) is 0 Å². The minimum Gasteiger partial charge on any atom is -0.413 e. The average molecular weight is 375 g/mol. The summed E-state index contributed by atoms with van der Waals surface area (Å²) in [5, 5.41) is 0. The highest BCUT2D eigenvalue weighted by Gasteiger charge is 2.50. The Labute approximate surface area is 141 Å². The Hall–Kier alpha value is -0.0325. The van der Waals surface area contributed by atoms with Crippen LogP contribution in [0.3, 0.4) is 0 Å². The van der Waals surface area contributed by atoms with Gasteiger partial charge in [-0.15, -0.1) is 19.7 Å². The molecule has 0 N–H and O–H groups in total. The van der Waals surface area contributed by atoms with Gasteiger partial charge in [-0.25, -0.2) is 0 Å². The summed E-state index contributed by atoms with van der Waals surface area (Å²) in [6, 6.07) is 0.825. The summed E-state index contributed by atoms with van der Waals surface area (Å²) < 4.78 is 19.7. The normalized spacial score (nSPS) is 13.8. The molecule has 0 amide bonds. The van der Waals surface area contributed by atoms with E-state index >= 15 is 0 Å². The zero-order chi connectivity index (χ0) is 17.7. The number of hydrogen-bond donors (Lipinski definition) is 0.